The first-order valence-corrected chi connectivity index (χ1v) is 5.10. The molecule has 3 nitrogen and oxygen atoms in total. The van der Waals surface area contributed by atoms with Crippen LogP contribution < -0.4 is 0 Å². The Morgan fingerprint density at radius 2 is 2.14 bits per heavy atom. The van der Waals surface area contributed by atoms with Crippen molar-refractivity contribution in [3.63, 3.8) is 0 Å². The largest absolute Gasteiger partial charge is 0.498 e. The molecule has 1 heterocycles. The highest BCUT2D eigenvalue weighted by atomic mass is 16.8. The standard InChI is InChI=1S/C11H20O3/c1-5-7-12-8-10(3)9-13-11(4,6-2)14-10/h5,7H,6,8-9H2,1-4H3. The summed E-state index contributed by atoms with van der Waals surface area (Å²) in [4.78, 5) is 0. The molecule has 1 aliphatic heterocycles. The average molecular weight is 200 g/mol. The maximum atomic E-state index is 5.85. The normalized spacial score (nSPS) is 38.0. The Morgan fingerprint density at radius 1 is 1.43 bits per heavy atom. The van der Waals surface area contributed by atoms with E-state index in [1.165, 1.54) is 0 Å². The third-order valence-corrected chi connectivity index (χ3v) is 2.41. The van der Waals surface area contributed by atoms with Crippen LogP contribution in [0.4, 0.5) is 0 Å². The summed E-state index contributed by atoms with van der Waals surface area (Å²) in [5, 5.41) is 0. The molecule has 0 aromatic heterocycles. The van der Waals surface area contributed by atoms with Crippen LogP contribution in [0.2, 0.25) is 0 Å². The Morgan fingerprint density at radius 3 is 2.64 bits per heavy atom. The second kappa shape index (κ2) is 4.32. The van der Waals surface area contributed by atoms with Gasteiger partial charge in [0, 0.05) is 0 Å². The van der Waals surface area contributed by atoms with E-state index in [1.807, 2.05) is 26.8 Å². The van der Waals surface area contributed by atoms with E-state index in [0.717, 1.165) is 6.42 Å². The van der Waals surface area contributed by atoms with Crippen molar-refractivity contribution in [1.29, 1.82) is 0 Å². The van der Waals surface area contributed by atoms with Crippen LogP contribution in [0, 0.1) is 0 Å². The average Bonchev–Trinajstić information content (AvgIpc) is 2.45. The van der Waals surface area contributed by atoms with Crippen molar-refractivity contribution in [2.75, 3.05) is 13.2 Å². The SMILES string of the molecule is CC=COCC1(C)COC(C)(CC)O1. The minimum atomic E-state index is -0.436. The van der Waals surface area contributed by atoms with Gasteiger partial charge in [-0.2, -0.15) is 0 Å². The first kappa shape index (κ1) is 11.5. The second-order valence-corrected chi connectivity index (χ2v) is 4.11. The summed E-state index contributed by atoms with van der Waals surface area (Å²) in [6.45, 7) is 9.08. The minimum absolute atomic E-state index is 0.315. The van der Waals surface area contributed by atoms with Crippen LogP contribution in [0.25, 0.3) is 0 Å². The number of hydrogen-bond acceptors (Lipinski definition) is 3. The molecule has 2 atom stereocenters. The molecule has 0 spiro atoms. The van der Waals surface area contributed by atoms with E-state index in [2.05, 4.69) is 6.92 Å². The van der Waals surface area contributed by atoms with Crippen molar-refractivity contribution in [3.8, 4) is 0 Å². The fourth-order valence-corrected chi connectivity index (χ4v) is 1.45. The van der Waals surface area contributed by atoms with Crippen molar-refractivity contribution in [2.45, 2.75) is 45.5 Å². The van der Waals surface area contributed by atoms with Gasteiger partial charge >= 0.3 is 0 Å². The highest BCUT2D eigenvalue weighted by molar-refractivity contribution is 4.85. The number of ether oxygens (including phenoxy) is 3. The quantitative estimate of drug-likeness (QED) is 0.652. The van der Waals surface area contributed by atoms with Gasteiger partial charge in [0.2, 0.25) is 0 Å². The highest BCUT2D eigenvalue weighted by Gasteiger charge is 2.44. The predicted octanol–water partition coefficient (Wildman–Crippen LogP) is 2.47. The van der Waals surface area contributed by atoms with E-state index >= 15 is 0 Å². The highest BCUT2D eigenvalue weighted by Crippen LogP contribution is 2.33. The Balaban J connectivity index is 2.45. The van der Waals surface area contributed by atoms with Gasteiger partial charge in [0.05, 0.1) is 12.9 Å². The lowest BCUT2D eigenvalue weighted by atomic mass is 10.1. The van der Waals surface area contributed by atoms with Crippen LogP contribution >= 0.6 is 0 Å². The van der Waals surface area contributed by atoms with Crippen LogP contribution in [-0.2, 0) is 14.2 Å². The second-order valence-electron chi connectivity index (χ2n) is 4.11. The first-order chi connectivity index (χ1) is 6.54. The lowest BCUT2D eigenvalue weighted by Gasteiger charge is -2.26. The van der Waals surface area contributed by atoms with E-state index < -0.39 is 5.79 Å². The van der Waals surface area contributed by atoms with Gasteiger partial charge in [0.1, 0.15) is 12.2 Å². The zero-order valence-electron chi connectivity index (χ0n) is 9.50. The van der Waals surface area contributed by atoms with E-state index in [-0.39, 0.29) is 5.60 Å². The molecular formula is C11H20O3. The van der Waals surface area contributed by atoms with Gasteiger partial charge in [-0.05, 0) is 27.2 Å². The lowest BCUT2D eigenvalue weighted by Crippen LogP contribution is -2.36. The van der Waals surface area contributed by atoms with Crippen LogP contribution in [0.15, 0.2) is 12.3 Å². The molecule has 0 bridgehead atoms. The molecule has 0 aliphatic carbocycles. The van der Waals surface area contributed by atoms with Crippen LogP contribution in [0.1, 0.15) is 34.1 Å². The maximum Gasteiger partial charge on any atom is 0.166 e. The van der Waals surface area contributed by atoms with E-state index in [9.17, 15) is 0 Å². The van der Waals surface area contributed by atoms with Gasteiger partial charge in [-0.15, -0.1) is 0 Å². The number of hydrogen-bond donors (Lipinski definition) is 0. The number of allylic oxidation sites excluding steroid dienone is 1. The summed E-state index contributed by atoms with van der Waals surface area (Å²) in [5.74, 6) is -0.436. The van der Waals surface area contributed by atoms with E-state index in [4.69, 9.17) is 14.2 Å². The molecule has 82 valence electrons. The first-order valence-electron chi connectivity index (χ1n) is 5.10. The van der Waals surface area contributed by atoms with Gasteiger partial charge in [0.15, 0.2) is 5.79 Å². The third-order valence-electron chi connectivity index (χ3n) is 2.41. The molecule has 14 heavy (non-hydrogen) atoms. The van der Waals surface area contributed by atoms with Crippen molar-refractivity contribution >= 4 is 0 Å². The molecule has 0 aromatic rings. The summed E-state index contributed by atoms with van der Waals surface area (Å²) >= 11 is 0. The van der Waals surface area contributed by atoms with Crippen molar-refractivity contribution in [2.24, 2.45) is 0 Å². The lowest BCUT2D eigenvalue weighted by molar-refractivity contribution is -0.179. The van der Waals surface area contributed by atoms with Gasteiger partial charge in [-0.3, -0.25) is 0 Å². The Bertz CT molecular complexity index is 215. The van der Waals surface area contributed by atoms with E-state index in [1.54, 1.807) is 6.26 Å². The molecule has 0 saturated carbocycles. The van der Waals surface area contributed by atoms with Crippen LogP contribution in [0.3, 0.4) is 0 Å². The molecule has 1 saturated heterocycles. The fourth-order valence-electron chi connectivity index (χ4n) is 1.45. The fraction of sp³-hybridized carbons (Fsp3) is 0.818. The Hall–Kier alpha value is -0.540. The predicted molar refractivity (Wildman–Crippen MR) is 54.9 cm³/mol. The molecule has 0 amide bonds. The summed E-state index contributed by atoms with van der Waals surface area (Å²) < 4.78 is 16.8. The minimum Gasteiger partial charge on any atom is -0.498 e. The van der Waals surface area contributed by atoms with Crippen LogP contribution in [0.5, 0.6) is 0 Å². The zero-order valence-corrected chi connectivity index (χ0v) is 9.50. The monoisotopic (exact) mass is 200 g/mol. The zero-order chi connectivity index (χ0) is 10.7. The van der Waals surface area contributed by atoms with Crippen molar-refractivity contribution in [1.82, 2.24) is 0 Å². The van der Waals surface area contributed by atoms with Gasteiger partial charge in [0.25, 0.3) is 0 Å². The van der Waals surface area contributed by atoms with Gasteiger partial charge in [-0.1, -0.05) is 13.0 Å². The molecule has 0 N–H and O–H groups in total. The summed E-state index contributed by atoms with van der Waals surface area (Å²) in [7, 11) is 0. The van der Waals surface area contributed by atoms with Crippen molar-refractivity contribution in [3.05, 3.63) is 12.3 Å². The number of rotatable bonds is 4. The van der Waals surface area contributed by atoms with E-state index in [0.29, 0.717) is 13.2 Å². The smallest absolute Gasteiger partial charge is 0.166 e. The molecular weight excluding hydrogens is 180 g/mol. The molecule has 2 unspecified atom stereocenters. The van der Waals surface area contributed by atoms with Crippen LogP contribution in [-0.4, -0.2) is 24.6 Å². The summed E-state index contributed by atoms with van der Waals surface area (Å²) in [6.07, 6.45) is 4.39. The molecule has 0 aromatic carbocycles. The molecule has 1 aliphatic rings. The maximum absolute atomic E-state index is 5.85. The van der Waals surface area contributed by atoms with Gasteiger partial charge < -0.3 is 14.2 Å². The molecule has 3 heteroatoms. The van der Waals surface area contributed by atoms with Gasteiger partial charge in [-0.25, -0.2) is 0 Å². The molecule has 0 radical (unpaired) electrons. The van der Waals surface area contributed by atoms with Crippen molar-refractivity contribution < 1.29 is 14.2 Å². The third kappa shape index (κ3) is 2.72. The Labute approximate surface area is 86.0 Å². The Kier molecular flexibility index (Phi) is 3.56. The molecule has 1 fully saturated rings. The topological polar surface area (TPSA) is 27.7 Å². The molecule has 1 rings (SSSR count). The summed E-state index contributed by atoms with van der Waals surface area (Å²) in [5.41, 5.74) is -0.315. The summed E-state index contributed by atoms with van der Waals surface area (Å²) in [6, 6.07) is 0.